The first-order chi connectivity index (χ1) is 12.7. The molecule has 0 saturated carbocycles. The van der Waals surface area contributed by atoms with E-state index in [1.807, 2.05) is 0 Å². The Balaban J connectivity index is 2.00. The van der Waals surface area contributed by atoms with Gasteiger partial charge in [0, 0.05) is 0 Å². The number of nitrogens with one attached hydrogen (secondary N) is 1. The van der Waals surface area contributed by atoms with Crippen LogP contribution in [-0.4, -0.2) is 35.6 Å². The molecule has 1 fully saturated rings. The summed E-state index contributed by atoms with van der Waals surface area (Å²) >= 11 is 0. The zero-order chi connectivity index (χ0) is 19.8. The minimum absolute atomic E-state index is 0.0165. The van der Waals surface area contributed by atoms with Gasteiger partial charge in [0.15, 0.2) is 0 Å². The molecule has 2 aromatic rings. The zero-order valence-corrected chi connectivity index (χ0v) is 16.2. The number of ether oxygens (including phenoxy) is 1. The Morgan fingerprint density at radius 3 is 2.63 bits per heavy atom. The second kappa shape index (κ2) is 6.98. The minimum Gasteiger partial charge on any atom is -0.495 e. The third kappa shape index (κ3) is 3.70. The van der Waals surface area contributed by atoms with Crippen molar-refractivity contribution in [3.8, 4) is 5.75 Å². The Kier molecular flexibility index (Phi) is 5.02. The van der Waals surface area contributed by atoms with E-state index in [2.05, 4.69) is 4.72 Å². The second-order valence-corrected chi connectivity index (χ2v) is 9.62. The topological polar surface area (TPSA) is 123 Å². The molecule has 1 saturated heterocycles. The van der Waals surface area contributed by atoms with E-state index >= 15 is 0 Å². The van der Waals surface area contributed by atoms with Gasteiger partial charge in [0.25, 0.3) is 0 Å². The predicted octanol–water partition coefficient (Wildman–Crippen LogP) is 1.08. The van der Waals surface area contributed by atoms with Gasteiger partial charge in [0.2, 0.25) is 26.0 Å². The second-order valence-electron chi connectivity index (χ2n) is 6.02. The summed E-state index contributed by atoms with van der Waals surface area (Å²) in [5, 5.41) is 0. The van der Waals surface area contributed by atoms with Crippen LogP contribution in [0, 0.1) is 5.92 Å². The molecule has 1 aromatic heterocycles. The first kappa shape index (κ1) is 19.4. The number of carbonyl (C=O) groups is 1. The van der Waals surface area contributed by atoms with Crippen LogP contribution in [0.3, 0.4) is 0 Å². The summed E-state index contributed by atoms with van der Waals surface area (Å²) in [4.78, 5) is 12.0. The van der Waals surface area contributed by atoms with E-state index in [9.17, 15) is 21.6 Å². The van der Waals surface area contributed by atoms with Crippen molar-refractivity contribution in [1.29, 1.82) is 0 Å². The fraction of sp³-hybridized carbons (Fsp3) is 0.312. The predicted molar refractivity (Wildman–Crippen MR) is 96.2 cm³/mol. The number of anilines is 1. The molecule has 1 aromatic carbocycles. The van der Waals surface area contributed by atoms with Gasteiger partial charge < -0.3 is 9.15 Å². The monoisotopic (exact) mass is 414 g/mol. The van der Waals surface area contributed by atoms with Crippen molar-refractivity contribution in [2.75, 3.05) is 17.2 Å². The van der Waals surface area contributed by atoms with Crippen LogP contribution in [0.5, 0.6) is 5.75 Å². The number of methoxy groups -OCH3 is 1. The molecular formula is C16H18N2O7S2. The maximum atomic E-state index is 12.7. The van der Waals surface area contributed by atoms with Gasteiger partial charge in [-0.1, -0.05) is 6.92 Å². The number of sulfonamides is 2. The Morgan fingerprint density at radius 2 is 2.07 bits per heavy atom. The van der Waals surface area contributed by atoms with Crippen molar-refractivity contribution < 1.29 is 30.8 Å². The quantitative estimate of drug-likeness (QED) is 0.750. The van der Waals surface area contributed by atoms with Crippen molar-refractivity contribution >= 4 is 31.6 Å². The molecule has 11 heteroatoms. The Hall–Kier alpha value is -2.37. The number of nitrogens with zero attached hydrogens (tertiary/aromatic N) is 1. The van der Waals surface area contributed by atoms with Crippen molar-refractivity contribution in [3.63, 3.8) is 0 Å². The molecule has 0 aliphatic carbocycles. The van der Waals surface area contributed by atoms with Gasteiger partial charge >= 0.3 is 0 Å². The Bertz CT molecular complexity index is 1060. The first-order valence-electron chi connectivity index (χ1n) is 7.92. The highest BCUT2D eigenvalue weighted by Crippen LogP contribution is 2.33. The fourth-order valence-electron chi connectivity index (χ4n) is 2.75. The van der Waals surface area contributed by atoms with E-state index in [0.29, 0.717) is 10.1 Å². The lowest BCUT2D eigenvalue weighted by Crippen LogP contribution is -2.31. The lowest BCUT2D eigenvalue weighted by atomic mass is 10.2. The van der Waals surface area contributed by atoms with E-state index in [0.717, 1.165) is 6.07 Å². The van der Waals surface area contributed by atoms with E-state index < -0.39 is 31.9 Å². The molecule has 2 heterocycles. The normalized spacial score (nSPS) is 19.4. The standard InChI is InChI=1S/C16H18N2O7S2/c1-11-10-26(20,21)18(16(11)19)12-5-6-14(24-2)15(8-12)27(22,23)17-9-13-4-3-7-25-13/h3-8,11,17H,9-10H2,1-2H3/t11-/m1/s1. The van der Waals surface area contributed by atoms with Crippen LogP contribution in [0.25, 0.3) is 0 Å². The minimum atomic E-state index is -4.07. The molecule has 1 aliphatic heterocycles. The summed E-state index contributed by atoms with van der Waals surface area (Å²) in [6, 6.07) is 6.97. The highest BCUT2D eigenvalue weighted by Gasteiger charge is 2.42. The van der Waals surface area contributed by atoms with Gasteiger partial charge in [-0.3, -0.25) is 4.79 Å². The Morgan fingerprint density at radius 1 is 1.33 bits per heavy atom. The summed E-state index contributed by atoms with van der Waals surface area (Å²) in [5.74, 6) is -1.21. The summed E-state index contributed by atoms with van der Waals surface area (Å²) in [5.41, 5.74) is -0.0523. The number of hydrogen-bond donors (Lipinski definition) is 1. The molecule has 0 unspecified atom stereocenters. The van der Waals surface area contributed by atoms with Crippen LogP contribution >= 0.6 is 0 Å². The third-order valence-electron chi connectivity index (χ3n) is 4.05. The molecule has 1 atom stereocenters. The molecule has 1 amide bonds. The molecule has 3 rings (SSSR count). The van der Waals surface area contributed by atoms with Gasteiger partial charge in [-0.25, -0.2) is 25.9 Å². The lowest BCUT2D eigenvalue weighted by Gasteiger charge is -2.18. The highest BCUT2D eigenvalue weighted by molar-refractivity contribution is 7.94. The number of hydrogen-bond acceptors (Lipinski definition) is 7. The molecule has 1 N–H and O–H groups in total. The van der Waals surface area contributed by atoms with Crippen molar-refractivity contribution in [3.05, 3.63) is 42.4 Å². The highest BCUT2D eigenvalue weighted by atomic mass is 32.2. The SMILES string of the molecule is COc1ccc(N2C(=O)[C@H](C)CS2(=O)=O)cc1S(=O)(=O)NCc1ccco1. The number of rotatable bonds is 6. The summed E-state index contributed by atoms with van der Waals surface area (Å²) in [6.07, 6.45) is 1.41. The van der Waals surface area contributed by atoms with Crippen LogP contribution in [0.4, 0.5) is 5.69 Å². The fourth-order valence-corrected chi connectivity index (χ4v) is 5.74. The zero-order valence-electron chi connectivity index (χ0n) is 14.6. The van der Waals surface area contributed by atoms with Crippen LogP contribution in [-0.2, 0) is 31.4 Å². The van der Waals surface area contributed by atoms with E-state index in [4.69, 9.17) is 9.15 Å². The maximum absolute atomic E-state index is 12.7. The molecule has 9 nitrogen and oxygen atoms in total. The average molecular weight is 414 g/mol. The summed E-state index contributed by atoms with van der Waals surface area (Å²) in [7, 11) is -6.63. The Labute approximate surface area is 157 Å². The van der Waals surface area contributed by atoms with Crippen LogP contribution in [0.15, 0.2) is 45.9 Å². The van der Waals surface area contributed by atoms with E-state index in [1.165, 1.54) is 32.4 Å². The smallest absolute Gasteiger partial charge is 0.244 e. The van der Waals surface area contributed by atoms with Gasteiger partial charge in [0.1, 0.15) is 16.4 Å². The molecule has 0 radical (unpaired) electrons. The van der Waals surface area contributed by atoms with Gasteiger partial charge in [-0.2, -0.15) is 0 Å². The first-order valence-corrected chi connectivity index (χ1v) is 11.0. The van der Waals surface area contributed by atoms with Gasteiger partial charge in [-0.05, 0) is 30.3 Å². The van der Waals surface area contributed by atoms with Crippen LogP contribution in [0.2, 0.25) is 0 Å². The van der Waals surface area contributed by atoms with Crippen molar-refractivity contribution in [2.24, 2.45) is 5.92 Å². The number of amides is 1. The van der Waals surface area contributed by atoms with Gasteiger partial charge in [-0.15, -0.1) is 0 Å². The van der Waals surface area contributed by atoms with Crippen LogP contribution < -0.4 is 13.8 Å². The molecule has 146 valence electrons. The van der Waals surface area contributed by atoms with Crippen LogP contribution in [0.1, 0.15) is 12.7 Å². The molecule has 1 aliphatic rings. The largest absolute Gasteiger partial charge is 0.495 e. The molecular weight excluding hydrogens is 396 g/mol. The van der Waals surface area contributed by atoms with E-state index in [1.54, 1.807) is 12.1 Å². The lowest BCUT2D eigenvalue weighted by molar-refractivity contribution is -0.119. The summed E-state index contributed by atoms with van der Waals surface area (Å²) < 4.78 is 63.1. The van der Waals surface area contributed by atoms with Gasteiger partial charge in [0.05, 0.1) is 37.3 Å². The third-order valence-corrected chi connectivity index (χ3v) is 7.34. The number of benzene rings is 1. The van der Waals surface area contributed by atoms with E-state index in [-0.39, 0.29) is 28.6 Å². The summed E-state index contributed by atoms with van der Waals surface area (Å²) in [6.45, 7) is 1.41. The molecule has 27 heavy (non-hydrogen) atoms. The molecule has 0 bridgehead atoms. The maximum Gasteiger partial charge on any atom is 0.244 e. The number of furan rings is 1. The van der Waals surface area contributed by atoms with Crippen molar-refractivity contribution in [1.82, 2.24) is 4.72 Å². The average Bonchev–Trinajstić information content (AvgIpc) is 3.19. The molecule has 0 spiro atoms. The van der Waals surface area contributed by atoms with Crippen molar-refractivity contribution in [2.45, 2.75) is 18.4 Å². The number of carbonyl (C=O) groups excluding carboxylic acids is 1.